The van der Waals surface area contributed by atoms with E-state index in [0.29, 0.717) is 50.8 Å². The SMILES string of the molecule is COC[C@H]1CC(N(C(=O)NCc2ccc(OC(F)(F)F)cc2F)C2CC2)CN(c2cccnn2)C1.O=C(NCc1ccc(OC(F)(F)F)cc1F)N(C1CC1)C1CC(CO)CN(c2ncco2)C1. The number of hydrogen-bond donors (Lipinski definition) is 3. The summed E-state index contributed by atoms with van der Waals surface area (Å²) in [5.41, 5.74) is 0.0950. The summed E-state index contributed by atoms with van der Waals surface area (Å²) in [6, 6.07) is 8.75. The Morgan fingerprint density at radius 1 is 0.750 bits per heavy atom. The van der Waals surface area contributed by atoms with Gasteiger partial charge >= 0.3 is 24.8 Å². The van der Waals surface area contributed by atoms with E-state index in [1.807, 2.05) is 21.9 Å². The predicted octanol–water partition coefficient (Wildman–Crippen LogP) is 7.00. The highest BCUT2D eigenvalue weighted by Gasteiger charge is 2.43. The number of methoxy groups -OCH3 is 1. The number of halogens is 8. The highest BCUT2D eigenvalue weighted by molar-refractivity contribution is 5.76. The molecule has 2 aliphatic heterocycles. The number of nitrogens with one attached hydrogen (secondary N) is 2. The first-order chi connectivity index (χ1) is 32.5. The van der Waals surface area contributed by atoms with Gasteiger partial charge in [0.25, 0.3) is 6.01 Å². The summed E-state index contributed by atoms with van der Waals surface area (Å²) in [6.45, 7) is 2.43. The van der Waals surface area contributed by atoms with Gasteiger partial charge in [-0.1, -0.05) is 12.1 Å². The molecule has 3 unspecified atom stereocenters. The van der Waals surface area contributed by atoms with Crippen molar-refractivity contribution in [2.75, 3.05) is 56.3 Å². The molecule has 16 nitrogen and oxygen atoms in total. The molecule has 4 atom stereocenters. The maximum atomic E-state index is 14.3. The third-order valence-electron chi connectivity index (χ3n) is 11.8. The first kappa shape index (κ1) is 49.7. The van der Waals surface area contributed by atoms with Crippen LogP contribution in [0.4, 0.5) is 56.5 Å². The van der Waals surface area contributed by atoms with Crippen LogP contribution in [0, 0.1) is 23.5 Å². The summed E-state index contributed by atoms with van der Waals surface area (Å²) in [7, 11) is 1.64. The van der Waals surface area contributed by atoms with Crippen molar-refractivity contribution in [3.05, 3.63) is 89.9 Å². The maximum Gasteiger partial charge on any atom is 0.573 e. The van der Waals surface area contributed by atoms with Gasteiger partial charge in [0.1, 0.15) is 29.4 Å². The molecule has 2 saturated carbocycles. The van der Waals surface area contributed by atoms with E-state index in [-0.39, 0.29) is 72.9 Å². The molecule has 0 bridgehead atoms. The first-order valence-corrected chi connectivity index (χ1v) is 21.9. The minimum atomic E-state index is -4.92. The van der Waals surface area contributed by atoms with Crippen LogP contribution in [0.3, 0.4) is 0 Å². The molecule has 0 spiro atoms. The average Bonchev–Trinajstić information content (AvgIpc) is 4.24. The summed E-state index contributed by atoms with van der Waals surface area (Å²) in [6.07, 6.45) is -0.482. The van der Waals surface area contributed by atoms with Gasteiger partial charge in [0.2, 0.25) is 0 Å². The van der Waals surface area contributed by atoms with Crippen LogP contribution in [-0.4, -0.2) is 126 Å². The quantitative estimate of drug-likeness (QED) is 0.104. The molecule has 4 heterocycles. The smallest absolute Gasteiger partial charge is 0.432 e. The molecule has 2 aromatic heterocycles. The summed E-state index contributed by atoms with van der Waals surface area (Å²) in [4.78, 5) is 37.9. The van der Waals surface area contributed by atoms with Gasteiger partial charge in [-0.15, -0.1) is 31.4 Å². The molecule has 68 heavy (non-hydrogen) atoms. The van der Waals surface area contributed by atoms with Gasteiger partial charge < -0.3 is 54.0 Å². The van der Waals surface area contributed by atoms with Crippen LogP contribution in [-0.2, 0) is 17.8 Å². The molecule has 2 saturated heterocycles. The Bertz CT molecular complexity index is 2270. The number of aliphatic hydroxyl groups is 1. The summed E-state index contributed by atoms with van der Waals surface area (Å²) in [5.74, 6) is -2.31. The van der Waals surface area contributed by atoms with Gasteiger partial charge in [-0.2, -0.15) is 5.10 Å². The van der Waals surface area contributed by atoms with Gasteiger partial charge in [-0.05, 0) is 62.8 Å². The number of hydrogen-bond acceptors (Lipinski definition) is 12. The van der Waals surface area contributed by atoms with E-state index in [9.17, 15) is 49.8 Å². The van der Waals surface area contributed by atoms with Crippen molar-refractivity contribution in [2.45, 2.75) is 88.5 Å². The number of carbonyl (C=O) groups is 2. The van der Waals surface area contributed by atoms with Gasteiger partial charge in [-0.25, -0.2) is 23.4 Å². The molecule has 3 N–H and O–H groups in total. The van der Waals surface area contributed by atoms with Gasteiger partial charge in [0.15, 0.2) is 5.82 Å². The van der Waals surface area contributed by atoms with Gasteiger partial charge in [-0.3, -0.25) is 0 Å². The monoisotopic (exact) mass is 969 g/mol. The van der Waals surface area contributed by atoms with Crippen molar-refractivity contribution in [1.82, 2.24) is 35.6 Å². The number of alkyl halides is 6. The third kappa shape index (κ3) is 14.0. The molecule has 4 amide bonds. The average molecular weight is 970 g/mol. The fraction of sp³-hybridized carbons (Fsp3) is 0.523. The number of amides is 4. The molecule has 24 heteroatoms. The Kier molecular flexibility index (Phi) is 16.0. The lowest BCUT2D eigenvalue weighted by atomic mass is 9.93. The van der Waals surface area contributed by atoms with Crippen LogP contribution in [0.1, 0.15) is 49.7 Å². The molecule has 2 aromatic carbocycles. The van der Waals surface area contributed by atoms with Crippen molar-refractivity contribution in [3.8, 4) is 11.5 Å². The number of oxazole rings is 1. The molecule has 4 fully saturated rings. The van der Waals surface area contributed by atoms with Crippen molar-refractivity contribution in [2.24, 2.45) is 11.8 Å². The Hall–Kier alpha value is -6.17. The highest BCUT2D eigenvalue weighted by atomic mass is 19.4. The van der Waals surface area contributed by atoms with Crippen LogP contribution in [0.25, 0.3) is 0 Å². The van der Waals surface area contributed by atoms with Crippen molar-refractivity contribution < 1.29 is 68.4 Å². The van der Waals surface area contributed by atoms with Crippen LogP contribution >= 0.6 is 0 Å². The maximum absolute atomic E-state index is 14.3. The second-order valence-electron chi connectivity index (χ2n) is 17.1. The number of urea groups is 2. The van der Waals surface area contributed by atoms with Gasteiger partial charge in [0.05, 0.1) is 24.9 Å². The Morgan fingerprint density at radius 3 is 1.72 bits per heavy atom. The summed E-state index contributed by atoms with van der Waals surface area (Å²) >= 11 is 0. The van der Waals surface area contributed by atoms with Gasteiger partial charge in [0, 0.05) is 106 Å². The van der Waals surface area contributed by atoms with Crippen LogP contribution in [0.5, 0.6) is 11.5 Å². The van der Waals surface area contributed by atoms with Crippen molar-refractivity contribution >= 4 is 23.9 Å². The number of carbonyl (C=O) groups excluding carboxylic acids is 2. The number of nitrogens with zero attached hydrogens (tertiary/aromatic N) is 7. The second-order valence-corrected chi connectivity index (χ2v) is 17.1. The number of benzene rings is 2. The molecule has 4 aromatic rings. The lowest BCUT2D eigenvalue weighted by Gasteiger charge is -2.43. The third-order valence-corrected chi connectivity index (χ3v) is 11.8. The molecule has 0 radical (unpaired) electrons. The number of piperidine rings is 2. The largest absolute Gasteiger partial charge is 0.573 e. The van der Waals surface area contributed by atoms with E-state index in [4.69, 9.17) is 9.15 Å². The number of ether oxygens (including phenoxy) is 3. The fourth-order valence-corrected chi connectivity index (χ4v) is 8.64. The van der Waals surface area contributed by atoms with Crippen LogP contribution in [0.15, 0.2) is 71.6 Å². The van der Waals surface area contributed by atoms with Crippen LogP contribution < -0.4 is 29.9 Å². The van der Waals surface area contributed by atoms with E-state index in [1.165, 1.54) is 18.5 Å². The first-order valence-electron chi connectivity index (χ1n) is 21.9. The van der Waals surface area contributed by atoms with E-state index < -0.39 is 41.9 Å². The molecule has 2 aliphatic carbocycles. The number of anilines is 2. The topological polar surface area (TPSA) is 171 Å². The normalized spacial score (nSPS) is 20.7. The summed E-state index contributed by atoms with van der Waals surface area (Å²) in [5, 5.41) is 23.3. The number of aromatic nitrogens is 3. The Balaban J connectivity index is 0.000000202. The second kappa shape index (κ2) is 21.8. The van der Waals surface area contributed by atoms with Crippen molar-refractivity contribution in [1.29, 1.82) is 0 Å². The zero-order valence-electron chi connectivity index (χ0n) is 36.8. The lowest BCUT2D eigenvalue weighted by Crippen LogP contribution is -2.56. The fourth-order valence-electron chi connectivity index (χ4n) is 8.64. The zero-order chi connectivity index (χ0) is 48.6. The van der Waals surface area contributed by atoms with Crippen LogP contribution in [0.2, 0.25) is 0 Å². The predicted molar refractivity (Wildman–Crippen MR) is 226 cm³/mol. The lowest BCUT2D eigenvalue weighted by molar-refractivity contribution is -0.275. The number of aliphatic hydroxyl groups excluding tert-OH is 1. The molecular weight excluding hydrogens is 919 g/mol. The Morgan fingerprint density at radius 2 is 1.28 bits per heavy atom. The standard InChI is InChI=1S/C23H27F4N5O3.C21H24F4N4O4/c1-34-14-15-9-18(13-31(12-15)21-3-2-8-29-30-21)32(17-5-6-17)22(33)28-11-16-4-7-19(10-20(16)24)35-23(25,26)27;22-18-8-17(33-21(23,24)25)4-1-14(18)9-27-19(31)29(15-2-3-15)16-7-13(12-30)10-28(11-16)20-26-5-6-32-20/h2-4,7-8,10,15,17-18H,5-6,9,11-14H2,1H3,(H,28,33);1,4-6,8,13,15-16,30H,2-3,7,9-12H2,(H,27,31)/t15-,18?;/m0./s1. The van der Waals surface area contributed by atoms with E-state index in [1.54, 1.807) is 18.2 Å². The molecule has 370 valence electrons. The van der Waals surface area contributed by atoms with E-state index >= 15 is 0 Å². The molecule has 8 rings (SSSR count). The van der Waals surface area contributed by atoms with E-state index in [0.717, 1.165) is 62.7 Å². The summed E-state index contributed by atoms with van der Waals surface area (Å²) < 4.78 is 121. The molecular formula is C44H51F8N9O7. The Labute approximate surface area is 385 Å². The minimum absolute atomic E-state index is 0.0336. The highest BCUT2D eigenvalue weighted by Crippen LogP contribution is 2.36. The van der Waals surface area contributed by atoms with Crippen molar-refractivity contribution in [3.63, 3.8) is 0 Å². The molecule has 4 aliphatic rings. The van der Waals surface area contributed by atoms with E-state index in [2.05, 4.69) is 40.2 Å². The minimum Gasteiger partial charge on any atom is -0.432 e. The zero-order valence-corrected chi connectivity index (χ0v) is 36.8. The number of rotatable bonds is 15.